The third-order valence-corrected chi connectivity index (χ3v) is 1.43. The van der Waals surface area contributed by atoms with Crippen LogP contribution in [-0.2, 0) is 4.79 Å². The number of hydrogen-bond acceptors (Lipinski definition) is 2. The van der Waals surface area contributed by atoms with Crippen LogP contribution >= 0.6 is 0 Å². The van der Waals surface area contributed by atoms with Crippen LogP contribution in [0.5, 0.6) is 0 Å². The lowest BCUT2D eigenvalue weighted by Crippen LogP contribution is -2.30. The van der Waals surface area contributed by atoms with Gasteiger partial charge >= 0.3 is 0 Å². The van der Waals surface area contributed by atoms with Crippen LogP contribution in [-0.4, -0.2) is 19.0 Å². The highest BCUT2D eigenvalue weighted by Crippen LogP contribution is 1.96. The number of hydrogen-bond donors (Lipinski definition) is 2. The summed E-state index contributed by atoms with van der Waals surface area (Å²) < 4.78 is 0. The van der Waals surface area contributed by atoms with Crippen molar-refractivity contribution in [2.24, 2.45) is 5.73 Å². The maximum atomic E-state index is 10.6. The first-order chi connectivity index (χ1) is 5.31. The van der Waals surface area contributed by atoms with Gasteiger partial charge in [-0.1, -0.05) is 26.2 Å². The molecule has 0 aliphatic rings. The van der Waals surface area contributed by atoms with E-state index in [1.165, 1.54) is 0 Å². The molecule has 11 heavy (non-hydrogen) atoms. The minimum atomic E-state index is -0.0698. The SMILES string of the molecule is [CH2]CCCCCNC(=O)CN. The van der Waals surface area contributed by atoms with E-state index in [0.29, 0.717) is 0 Å². The standard InChI is InChI=1S/C8H17N2O/c1-2-3-4-5-6-10-8(11)7-9/h1-7,9H2,(H,10,11). The summed E-state index contributed by atoms with van der Waals surface area (Å²) in [5.74, 6) is -0.0698. The van der Waals surface area contributed by atoms with Crippen LogP contribution in [0.4, 0.5) is 0 Å². The van der Waals surface area contributed by atoms with E-state index in [2.05, 4.69) is 12.2 Å². The Bertz CT molecular complexity index is 104. The van der Waals surface area contributed by atoms with E-state index in [1.807, 2.05) is 0 Å². The Labute approximate surface area is 68.3 Å². The molecule has 3 N–H and O–H groups in total. The third kappa shape index (κ3) is 7.33. The molecule has 3 heteroatoms. The fraction of sp³-hybridized carbons (Fsp3) is 0.750. The van der Waals surface area contributed by atoms with E-state index in [9.17, 15) is 4.79 Å². The molecule has 0 saturated heterocycles. The number of amides is 1. The second kappa shape index (κ2) is 7.54. The van der Waals surface area contributed by atoms with E-state index in [4.69, 9.17) is 5.73 Å². The van der Waals surface area contributed by atoms with Crippen molar-refractivity contribution in [3.05, 3.63) is 6.92 Å². The second-order valence-electron chi connectivity index (χ2n) is 2.47. The molecule has 0 aromatic carbocycles. The van der Waals surface area contributed by atoms with Gasteiger partial charge in [-0.15, -0.1) is 0 Å². The van der Waals surface area contributed by atoms with E-state index < -0.39 is 0 Å². The molecule has 0 aromatic heterocycles. The van der Waals surface area contributed by atoms with Gasteiger partial charge in [0.15, 0.2) is 0 Å². The average Bonchev–Trinajstić information content (AvgIpc) is 2.04. The van der Waals surface area contributed by atoms with E-state index in [0.717, 1.165) is 32.2 Å². The molecule has 1 amide bonds. The predicted molar refractivity (Wildman–Crippen MR) is 45.9 cm³/mol. The molecule has 0 atom stereocenters. The first-order valence-corrected chi connectivity index (χ1v) is 4.07. The van der Waals surface area contributed by atoms with E-state index in [1.54, 1.807) is 0 Å². The zero-order valence-electron chi connectivity index (χ0n) is 6.94. The molecule has 65 valence electrons. The van der Waals surface area contributed by atoms with Crippen molar-refractivity contribution in [3.63, 3.8) is 0 Å². The number of carbonyl (C=O) groups excluding carboxylic acids is 1. The van der Waals surface area contributed by atoms with Crippen LogP contribution in [0.3, 0.4) is 0 Å². The summed E-state index contributed by atoms with van der Waals surface area (Å²) in [6.07, 6.45) is 4.28. The van der Waals surface area contributed by atoms with Crippen molar-refractivity contribution in [1.29, 1.82) is 0 Å². The molecule has 0 heterocycles. The van der Waals surface area contributed by atoms with E-state index in [-0.39, 0.29) is 12.5 Å². The Hall–Kier alpha value is -0.570. The molecule has 0 saturated carbocycles. The minimum absolute atomic E-state index is 0.0698. The number of carbonyl (C=O) groups is 1. The summed E-state index contributed by atoms with van der Waals surface area (Å²) in [5, 5.41) is 2.71. The molecular weight excluding hydrogens is 140 g/mol. The lowest BCUT2D eigenvalue weighted by Gasteiger charge is -2.01. The van der Waals surface area contributed by atoms with Crippen molar-refractivity contribution < 1.29 is 4.79 Å². The largest absolute Gasteiger partial charge is 0.355 e. The fourth-order valence-corrected chi connectivity index (χ4v) is 0.779. The van der Waals surface area contributed by atoms with Crippen LogP contribution in [0.15, 0.2) is 0 Å². The third-order valence-electron chi connectivity index (χ3n) is 1.43. The summed E-state index contributed by atoms with van der Waals surface area (Å²) >= 11 is 0. The van der Waals surface area contributed by atoms with Crippen molar-refractivity contribution >= 4 is 5.91 Å². The molecule has 0 aromatic rings. The van der Waals surface area contributed by atoms with Crippen molar-refractivity contribution in [2.75, 3.05) is 13.1 Å². The zero-order chi connectivity index (χ0) is 8.53. The monoisotopic (exact) mass is 157 g/mol. The van der Waals surface area contributed by atoms with Gasteiger partial charge in [0.1, 0.15) is 0 Å². The molecule has 0 aliphatic carbocycles. The summed E-state index contributed by atoms with van der Waals surface area (Å²) in [4.78, 5) is 10.6. The van der Waals surface area contributed by atoms with Gasteiger partial charge in [-0.2, -0.15) is 0 Å². The molecule has 1 radical (unpaired) electrons. The Morgan fingerprint density at radius 1 is 1.36 bits per heavy atom. The van der Waals surface area contributed by atoms with E-state index >= 15 is 0 Å². The highest BCUT2D eigenvalue weighted by Gasteiger charge is 1.93. The quantitative estimate of drug-likeness (QED) is 0.550. The van der Waals surface area contributed by atoms with Gasteiger partial charge in [-0.3, -0.25) is 4.79 Å². The first kappa shape index (κ1) is 10.4. The lowest BCUT2D eigenvalue weighted by molar-refractivity contribution is -0.119. The minimum Gasteiger partial charge on any atom is -0.355 e. The van der Waals surface area contributed by atoms with Gasteiger partial charge in [0.25, 0.3) is 0 Å². The summed E-state index contributed by atoms with van der Waals surface area (Å²) in [7, 11) is 0. The van der Waals surface area contributed by atoms with Gasteiger partial charge < -0.3 is 11.1 Å². The van der Waals surface area contributed by atoms with Crippen LogP contribution in [0, 0.1) is 6.92 Å². The van der Waals surface area contributed by atoms with Crippen LogP contribution in [0.1, 0.15) is 25.7 Å². The second-order valence-corrected chi connectivity index (χ2v) is 2.47. The van der Waals surface area contributed by atoms with Gasteiger partial charge in [0.05, 0.1) is 6.54 Å². The molecule has 3 nitrogen and oxygen atoms in total. The topological polar surface area (TPSA) is 55.1 Å². The molecule has 0 unspecified atom stereocenters. The first-order valence-electron chi connectivity index (χ1n) is 4.07. The summed E-state index contributed by atoms with van der Waals surface area (Å²) in [5.41, 5.74) is 5.09. The van der Waals surface area contributed by atoms with Gasteiger partial charge in [0.2, 0.25) is 5.91 Å². The van der Waals surface area contributed by atoms with Gasteiger partial charge in [-0.05, 0) is 6.42 Å². The Morgan fingerprint density at radius 3 is 2.64 bits per heavy atom. The smallest absolute Gasteiger partial charge is 0.233 e. The Morgan fingerprint density at radius 2 is 2.09 bits per heavy atom. The molecule has 0 rings (SSSR count). The molecule has 0 bridgehead atoms. The predicted octanol–water partition coefficient (Wildman–Crippen LogP) is 0.456. The summed E-state index contributed by atoms with van der Waals surface area (Å²) in [6, 6.07) is 0. The van der Waals surface area contributed by atoms with Crippen LogP contribution in [0.25, 0.3) is 0 Å². The zero-order valence-corrected chi connectivity index (χ0v) is 6.94. The fourth-order valence-electron chi connectivity index (χ4n) is 0.779. The molecule has 0 spiro atoms. The lowest BCUT2D eigenvalue weighted by atomic mass is 10.2. The molecule has 0 fully saturated rings. The number of rotatable bonds is 6. The average molecular weight is 157 g/mol. The number of nitrogens with one attached hydrogen (secondary N) is 1. The normalized spacial score (nSPS) is 9.64. The van der Waals surface area contributed by atoms with Crippen LogP contribution < -0.4 is 11.1 Å². The number of unbranched alkanes of at least 4 members (excludes halogenated alkanes) is 3. The van der Waals surface area contributed by atoms with Crippen molar-refractivity contribution in [2.45, 2.75) is 25.7 Å². The van der Waals surface area contributed by atoms with Crippen molar-refractivity contribution in [3.8, 4) is 0 Å². The van der Waals surface area contributed by atoms with Crippen LogP contribution in [0.2, 0.25) is 0 Å². The van der Waals surface area contributed by atoms with Crippen molar-refractivity contribution in [1.82, 2.24) is 5.32 Å². The molecule has 0 aliphatic heterocycles. The maximum Gasteiger partial charge on any atom is 0.233 e. The highest BCUT2D eigenvalue weighted by molar-refractivity contribution is 5.77. The molecular formula is C8H17N2O. The Balaban J connectivity index is 2.95. The van der Waals surface area contributed by atoms with Gasteiger partial charge in [0, 0.05) is 6.54 Å². The Kier molecular flexibility index (Phi) is 7.15. The summed E-state index contributed by atoms with van der Waals surface area (Å²) in [6.45, 7) is 4.57. The van der Waals surface area contributed by atoms with Gasteiger partial charge in [-0.25, -0.2) is 0 Å². The maximum absolute atomic E-state index is 10.6. The highest BCUT2D eigenvalue weighted by atomic mass is 16.1. The number of nitrogens with two attached hydrogens (primary N) is 1.